The van der Waals surface area contributed by atoms with E-state index in [-0.39, 0.29) is 23.0 Å². The van der Waals surface area contributed by atoms with Crippen LogP contribution in [0.5, 0.6) is 11.5 Å². The third kappa shape index (κ3) is 8.23. The van der Waals surface area contributed by atoms with Gasteiger partial charge in [-0.05, 0) is 63.9 Å². The number of methoxy groups -OCH3 is 2. The maximum absolute atomic E-state index is 14.0. The summed E-state index contributed by atoms with van der Waals surface area (Å²) in [6.07, 6.45) is 0.488. The number of sulfonamides is 1. The van der Waals surface area contributed by atoms with Crippen LogP contribution >= 0.6 is 0 Å². The van der Waals surface area contributed by atoms with Gasteiger partial charge >= 0.3 is 0 Å². The van der Waals surface area contributed by atoms with Crippen molar-refractivity contribution in [3.05, 3.63) is 84.4 Å². The first-order valence-corrected chi connectivity index (χ1v) is 14.8. The van der Waals surface area contributed by atoms with Gasteiger partial charge in [0.2, 0.25) is 11.8 Å². The van der Waals surface area contributed by atoms with E-state index in [0.29, 0.717) is 17.9 Å². The van der Waals surface area contributed by atoms with Crippen molar-refractivity contribution in [2.75, 3.05) is 31.6 Å². The minimum absolute atomic E-state index is 0.0249. The summed E-state index contributed by atoms with van der Waals surface area (Å²) >= 11 is 0. The molecule has 0 bridgehead atoms. The van der Waals surface area contributed by atoms with Crippen molar-refractivity contribution in [3.63, 3.8) is 0 Å². The van der Waals surface area contributed by atoms with E-state index in [9.17, 15) is 18.0 Å². The minimum Gasteiger partial charge on any atom is -0.493 e. The molecule has 1 atom stereocenters. The second-order valence-electron chi connectivity index (χ2n) is 10.6. The zero-order valence-corrected chi connectivity index (χ0v) is 25.3. The first kappa shape index (κ1) is 31.5. The number of hydrogen-bond acceptors (Lipinski definition) is 6. The van der Waals surface area contributed by atoms with Crippen molar-refractivity contribution in [2.45, 2.75) is 50.6 Å². The van der Waals surface area contributed by atoms with Crippen LogP contribution in [0, 0.1) is 0 Å². The molecule has 3 rings (SSSR count). The summed E-state index contributed by atoms with van der Waals surface area (Å²) < 4.78 is 39.6. The fourth-order valence-electron chi connectivity index (χ4n) is 4.27. The van der Waals surface area contributed by atoms with Crippen LogP contribution in [0.4, 0.5) is 5.69 Å². The lowest BCUT2D eigenvalue weighted by atomic mass is 10.1. The molecule has 41 heavy (non-hydrogen) atoms. The fourth-order valence-corrected chi connectivity index (χ4v) is 5.70. The monoisotopic (exact) mass is 581 g/mol. The van der Waals surface area contributed by atoms with Gasteiger partial charge in [0.05, 0.1) is 24.8 Å². The molecule has 0 aliphatic carbocycles. The molecule has 0 aromatic heterocycles. The topological polar surface area (TPSA) is 105 Å². The molecule has 0 spiro atoms. The Kier molecular flexibility index (Phi) is 10.4. The Balaban J connectivity index is 2.03. The second kappa shape index (κ2) is 13.5. The average molecular weight is 582 g/mol. The maximum Gasteiger partial charge on any atom is 0.264 e. The lowest BCUT2D eigenvalue weighted by Gasteiger charge is -2.33. The molecule has 10 heteroatoms. The van der Waals surface area contributed by atoms with Gasteiger partial charge in [0.25, 0.3) is 10.0 Å². The van der Waals surface area contributed by atoms with Gasteiger partial charge in [-0.25, -0.2) is 8.42 Å². The molecule has 0 saturated carbocycles. The molecule has 1 N–H and O–H groups in total. The number of anilines is 1. The predicted molar refractivity (Wildman–Crippen MR) is 160 cm³/mol. The zero-order chi connectivity index (χ0) is 30.2. The molecule has 0 fully saturated rings. The van der Waals surface area contributed by atoms with Gasteiger partial charge in [-0.15, -0.1) is 0 Å². The van der Waals surface area contributed by atoms with Crippen LogP contribution in [-0.4, -0.2) is 64.0 Å². The highest BCUT2D eigenvalue weighted by atomic mass is 32.2. The van der Waals surface area contributed by atoms with Crippen molar-refractivity contribution in [1.82, 2.24) is 10.2 Å². The Labute approximate surface area is 243 Å². The Morgan fingerprint density at radius 1 is 0.878 bits per heavy atom. The molecule has 3 aromatic rings. The van der Waals surface area contributed by atoms with Gasteiger partial charge in [0, 0.05) is 18.2 Å². The number of benzene rings is 3. The number of carbonyl (C=O) groups excluding carboxylic acids is 2. The molecule has 2 amide bonds. The molecule has 220 valence electrons. The summed E-state index contributed by atoms with van der Waals surface area (Å²) in [4.78, 5) is 28.6. The summed E-state index contributed by atoms with van der Waals surface area (Å²) in [7, 11) is -1.25. The third-order valence-electron chi connectivity index (χ3n) is 6.41. The number of rotatable bonds is 12. The second-order valence-corrected chi connectivity index (χ2v) is 12.5. The van der Waals surface area contributed by atoms with E-state index in [0.717, 1.165) is 9.87 Å². The summed E-state index contributed by atoms with van der Waals surface area (Å²) in [6, 6.07) is 21.3. The first-order valence-electron chi connectivity index (χ1n) is 13.3. The Hall–Kier alpha value is -4.05. The molecule has 0 radical (unpaired) electrons. The molecular weight excluding hydrogens is 542 g/mol. The van der Waals surface area contributed by atoms with Gasteiger partial charge in [-0.1, -0.05) is 48.5 Å². The number of ether oxygens (including phenoxy) is 2. The molecule has 0 aliphatic heterocycles. The molecule has 0 saturated heterocycles. The van der Waals surface area contributed by atoms with E-state index in [1.165, 1.54) is 37.3 Å². The van der Waals surface area contributed by atoms with Crippen molar-refractivity contribution < 1.29 is 27.5 Å². The number of carbonyl (C=O) groups is 2. The van der Waals surface area contributed by atoms with Crippen LogP contribution in [0.3, 0.4) is 0 Å². The SMILES string of the molecule is COc1ccc(N(CC(=O)N(CCc2ccccc2)[C@@H](C)C(=O)NC(C)(C)C)S(=O)(=O)c2ccccc2)cc1OC. The molecular formula is C31H39N3O6S. The summed E-state index contributed by atoms with van der Waals surface area (Å²) in [5.41, 5.74) is 0.694. The lowest BCUT2D eigenvalue weighted by Crippen LogP contribution is -2.55. The van der Waals surface area contributed by atoms with Crippen LogP contribution < -0.4 is 19.1 Å². The minimum atomic E-state index is -4.18. The Morgan fingerprint density at radius 3 is 2.02 bits per heavy atom. The lowest BCUT2D eigenvalue weighted by molar-refractivity contribution is -0.139. The normalized spacial score (nSPS) is 12.2. The van der Waals surface area contributed by atoms with Gasteiger partial charge < -0.3 is 19.7 Å². The van der Waals surface area contributed by atoms with E-state index in [2.05, 4.69) is 5.32 Å². The largest absolute Gasteiger partial charge is 0.493 e. The highest BCUT2D eigenvalue weighted by Gasteiger charge is 2.33. The van der Waals surface area contributed by atoms with Crippen molar-refractivity contribution >= 4 is 27.5 Å². The third-order valence-corrected chi connectivity index (χ3v) is 8.20. The van der Waals surface area contributed by atoms with Crippen LogP contribution in [0.1, 0.15) is 33.3 Å². The van der Waals surface area contributed by atoms with Gasteiger partial charge in [-0.2, -0.15) is 0 Å². The maximum atomic E-state index is 14.0. The van der Waals surface area contributed by atoms with Gasteiger partial charge in [0.15, 0.2) is 11.5 Å². The number of hydrogen-bond donors (Lipinski definition) is 1. The fraction of sp³-hybridized carbons (Fsp3) is 0.355. The standard InChI is InChI=1S/C31H39N3O6S/c1-23(30(36)32-31(2,3)4)33(20-19-24-13-9-7-10-14-24)29(35)22-34(41(37,38)26-15-11-8-12-16-26)25-17-18-27(39-5)28(21-25)40-6/h7-18,21,23H,19-20,22H2,1-6H3,(H,32,36)/t23-/m0/s1. The highest BCUT2D eigenvalue weighted by molar-refractivity contribution is 7.92. The quantitative estimate of drug-likeness (QED) is 0.343. The van der Waals surface area contributed by atoms with Crippen LogP contribution in [-0.2, 0) is 26.0 Å². The van der Waals surface area contributed by atoms with E-state index < -0.39 is 34.1 Å². The summed E-state index contributed by atoms with van der Waals surface area (Å²) in [6.45, 7) is 6.91. The summed E-state index contributed by atoms with van der Waals surface area (Å²) in [5, 5.41) is 2.93. The van der Waals surface area contributed by atoms with Crippen molar-refractivity contribution in [2.24, 2.45) is 0 Å². The van der Waals surface area contributed by atoms with Crippen molar-refractivity contribution in [1.29, 1.82) is 0 Å². The smallest absolute Gasteiger partial charge is 0.264 e. The van der Waals surface area contributed by atoms with E-state index >= 15 is 0 Å². The van der Waals surface area contributed by atoms with Gasteiger partial charge in [0.1, 0.15) is 12.6 Å². The molecule has 9 nitrogen and oxygen atoms in total. The molecule has 0 aliphatic rings. The highest BCUT2D eigenvalue weighted by Crippen LogP contribution is 2.34. The molecule has 3 aromatic carbocycles. The summed E-state index contributed by atoms with van der Waals surface area (Å²) in [5.74, 6) is -0.129. The number of nitrogens with one attached hydrogen (secondary N) is 1. The van der Waals surface area contributed by atoms with Crippen LogP contribution in [0.25, 0.3) is 0 Å². The van der Waals surface area contributed by atoms with E-state index in [1.807, 2.05) is 51.1 Å². The first-order chi connectivity index (χ1) is 19.4. The zero-order valence-electron chi connectivity index (χ0n) is 24.5. The molecule has 0 heterocycles. The van der Waals surface area contributed by atoms with Crippen LogP contribution in [0.15, 0.2) is 83.8 Å². The van der Waals surface area contributed by atoms with E-state index in [4.69, 9.17) is 9.47 Å². The average Bonchev–Trinajstić information content (AvgIpc) is 2.95. The van der Waals surface area contributed by atoms with Crippen molar-refractivity contribution in [3.8, 4) is 11.5 Å². The van der Waals surface area contributed by atoms with Gasteiger partial charge in [-0.3, -0.25) is 13.9 Å². The number of amides is 2. The van der Waals surface area contributed by atoms with E-state index in [1.54, 1.807) is 37.3 Å². The van der Waals surface area contributed by atoms with Crippen LogP contribution in [0.2, 0.25) is 0 Å². The molecule has 0 unspecified atom stereocenters. The predicted octanol–water partition coefficient (Wildman–Crippen LogP) is 4.27. The number of nitrogens with zero attached hydrogens (tertiary/aromatic N) is 2. The Bertz CT molecular complexity index is 1420. The Morgan fingerprint density at radius 2 is 1.46 bits per heavy atom.